The van der Waals surface area contributed by atoms with Crippen LogP contribution in [0, 0.1) is 0 Å². The van der Waals surface area contributed by atoms with E-state index < -0.39 is 0 Å². The number of para-hydroxylation sites is 1. The van der Waals surface area contributed by atoms with E-state index in [0.29, 0.717) is 12.6 Å². The molecule has 116 valence electrons. The number of carbonyl (C=O) groups excluding carboxylic acids is 1. The number of rotatable bonds is 5. The van der Waals surface area contributed by atoms with Crippen LogP contribution in [0.5, 0.6) is 0 Å². The molecule has 1 saturated heterocycles. The number of hydrogen-bond acceptors (Lipinski definition) is 3. The molecule has 0 aromatic heterocycles. The second-order valence-electron chi connectivity index (χ2n) is 5.51. The molecule has 4 nitrogen and oxygen atoms in total. The molecule has 1 aromatic carbocycles. The van der Waals surface area contributed by atoms with Crippen LogP contribution >= 0.6 is 0 Å². The zero-order valence-corrected chi connectivity index (χ0v) is 13.1. The lowest BCUT2D eigenvalue weighted by molar-refractivity contribution is 0.0983. The van der Waals surface area contributed by atoms with Crippen molar-refractivity contribution >= 4 is 11.8 Å². The van der Waals surface area contributed by atoms with E-state index in [9.17, 15) is 4.79 Å². The quantitative estimate of drug-likeness (QED) is 0.899. The summed E-state index contributed by atoms with van der Waals surface area (Å²) in [6.45, 7) is 6.03. The van der Waals surface area contributed by atoms with E-state index in [2.05, 4.69) is 36.5 Å². The van der Waals surface area contributed by atoms with Gasteiger partial charge in [-0.05, 0) is 37.8 Å². The monoisotopic (exact) mass is 290 g/mol. The van der Waals surface area contributed by atoms with Crippen LogP contribution in [0.4, 0.5) is 10.5 Å². The molecule has 0 aliphatic carbocycles. The summed E-state index contributed by atoms with van der Waals surface area (Å²) >= 11 is 0. The molecule has 2 rings (SSSR count). The minimum absolute atomic E-state index is 0.178. The van der Waals surface area contributed by atoms with Gasteiger partial charge in [0.15, 0.2) is 0 Å². The molecular formula is C17H26N2O2. The lowest BCUT2D eigenvalue weighted by Gasteiger charge is -2.32. The standard InChI is InChI=1S/C17H26N2O2/c1-3-7-14-8-5-6-9-16(14)18-15-10-12-19(13-11-15)17(20)21-4-2/h5-6,8-9,15,18H,3-4,7,10-13H2,1-2H3. The van der Waals surface area contributed by atoms with E-state index in [1.165, 1.54) is 11.3 Å². The van der Waals surface area contributed by atoms with Gasteiger partial charge in [0.05, 0.1) is 6.61 Å². The number of nitrogens with zero attached hydrogens (tertiary/aromatic N) is 1. The summed E-state index contributed by atoms with van der Waals surface area (Å²) in [6, 6.07) is 8.96. The van der Waals surface area contributed by atoms with Crippen molar-refractivity contribution in [2.75, 3.05) is 25.0 Å². The third-order valence-electron chi connectivity index (χ3n) is 3.92. The predicted octanol–water partition coefficient (Wildman–Crippen LogP) is 3.67. The van der Waals surface area contributed by atoms with Crippen LogP contribution in [0.1, 0.15) is 38.7 Å². The zero-order valence-electron chi connectivity index (χ0n) is 13.1. The first-order chi connectivity index (χ1) is 10.2. The van der Waals surface area contributed by atoms with Crippen LogP contribution in [-0.2, 0) is 11.2 Å². The molecule has 0 bridgehead atoms. The number of carbonyl (C=O) groups is 1. The molecule has 0 atom stereocenters. The Kier molecular flexibility index (Phi) is 5.90. The number of benzene rings is 1. The highest BCUT2D eigenvalue weighted by Gasteiger charge is 2.23. The number of hydrogen-bond donors (Lipinski definition) is 1. The molecule has 0 saturated carbocycles. The number of aryl methyl sites for hydroxylation is 1. The van der Waals surface area contributed by atoms with Crippen molar-refractivity contribution in [2.45, 2.75) is 45.6 Å². The number of nitrogens with one attached hydrogen (secondary N) is 1. The summed E-state index contributed by atoms with van der Waals surface area (Å²) in [5, 5.41) is 3.65. The minimum Gasteiger partial charge on any atom is -0.450 e. The van der Waals surface area contributed by atoms with Crippen molar-refractivity contribution in [3.05, 3.63) is 29.8 Å². The first-order valence-corrected chi connectivity index (χ1v) is 8.00. The minimum atomic E-state index is -0.178. The average Bonchev–Trinajstić information content (AvgIpc) is 2.50. The number of ether oxygens (including phenoxy) is 1. The van der Waals surface area contributed by atoms with E-state index in [1.54, 1.807) is 4.90 Å². The van der Waals surface area contributed by atoms with Crippen molar-refractivity contribution < 1.29 is 9.53 Å². The molecule has 1 heterocycles. The van der Waals surface area contributed by atoms with Crippen LogP contribution in [0.2, 0.25) is 0 Å². The Morgan fingerprint density at radius 3 is 2.67 bits per heavy atom. The van der Waals surface area contributed by atoms with E-state index in [1.807, 2.05) is 6.92 Å². The van der Waals surface area contributed by atoms with Gasteiger partial charge in [0, 0.05) is 24.8 Å². The molecule has 0 spiro atoms. The highest BCUT2D eigenvalue weighted by Crippen LogP contribution is 2.21. The first kappa shape index (κ1) is 15.7. The lowest BCUT2D eigenvalue weighted by atomic mass is 10.0. The number of anilines is 1. The highest BCUT2D eigenvalue weighted by atomic mass is 16.6. The SMILES string of the molecule is CCCc1ccccc1NC1CCN(C(=O)OCC)CC1. The summed E-state index contributed by atoms with van der Waals surface area (Å²) in [6.07, 6.45) is 4.02. The Hall–Kier alpha value is -1.71. The maximum Gasteiger partial charge on any atom is 0.409 e. The molecule has 4 heteroatoms. The molecule has 1 N–H and O–H groups in total. The van der Waals surface area contributed by atoms with Crippen molar-refractivity contribution in [1.82, 2.24) is 4.90 Å². The molecule has 1 amide bonds. The fraction of sp³-hybridized carbons (Fsp3) is 0.588. The molecule has 0 unspecified atom stereocenters. The van der Waals surface area contributed by atoms with Crippen molar-refractivity contribution in [3.8, 4) is 0 Å². The summed E-state index contributed by atoms with van der Waals surface area (Å²) in [5.41, 5.74) is 2.63. The van der Waals surface area contributed by atoms with E-state index >= 15 is 0 Å². The van der Waals surface area contributed by atoms with Gasteiger partial charge in [0.2, 0.25) is 0 Å². The number of piperidine rings is 1. The van der Waals surface area contributed by atoms with Gasteiger partial charge in [-0.25, -0.2) is 4.79 Å². The molecule has 1 fully saturated rings. The Morgan fingerprint density at radius 1 is 1.29 bits per heavy atom. The lowest BCUT2D eigenvalue weighted by Crippen LogP contribution is -2.42. The Balaban J connectivity index is 1.87. The van der Waals surface area contributed by atoms with Gasteiger partial charge in [-0.3, -0.25) is 0 Å². The Morgan fingerprint density at radius 2 is 2.00 bits per heavy atom. The van der Waals surface area contributed by atoms with Crippen LogP contribution in [0.3, 0.4) is 0 Å². The number of amides is 1. The second kappa shape index (κ2) is 7.91. The summed E-state index contributed by atoms with van der Waals surface area (Å²) in [4.78, 5) is 13.5. The Labute approximate surface area is 127 Å². The smallest absolute Gasteiger partial charge is 0.409 e. The molecular weight excluding hydrogens is 264 g/mol. The van der Waals surface area contributed by atoms with Crippen LogP contribution in [-0.4, -0.2) is 36.7 Å². The van der Waals surface area contributed by atoms with Gasteiger partial charge in [-0.15, -0.1) is 0 Å². The topological polar surface area (TPSA) is 41.6 Å². The predicted molar refractivity (Wildman–Crippen MR) is 85.7 cm³/mol. The third kappa shape index (κ3) is 4.38. The summed E-state index contributed by atoms with van der Waals surface area (Å²) in [5.74, 6) is 0. The van der Waals surface area contributed by atoms with Crippen molar-refractivity contribution in [3.63, 3.8) is 0 Å². The summed E-state index contributed by atoms with van der Waals surface area (Å²) in [7, 11) is 0. The van der Waals surface area contributed by atoms with Crippen LogP contribution in [0.25, 0.3) is 0 Å². The third-order valence-corrected chi connectivity index (χ3v) is 3.92. The molecule has 1 aromatic rings. The van der Waals surface area contributed by atoms with Gasteiger partial charge >= 0.3 is 6.09 Å². The van der Waals surface area contributed by atoms with Gasteiger partial charge in [0.25, 0.3) is 0 Å². The van der Waals surface area contributed by atoms with Crippen molar-refractivity contribution in [2.24, 2.45) is 0 Å². The van der Waals surface area contributed by atoms with Crippen LogP contribution in [0.15, 0.2) is 24.3 Å². The van der Waals surface area contributed by atoms with Gasteiger partial charge in [-0.1, -0.05) is 31.5 Å². The first-order valence-electron chi connectivity index (χ1n) is 8.00. The number of likely N-dealkylation sites (tertiary alicyclic amines) is 1. The van der Waals surface area contributed by atoms with E-state index in [0.717, 1.165) is 38.8 Å². The maximum absolute atomic E-state index is 11.7. The van der Waals surface area contributed by atoms with Gasteiger partial charge in [0.1, 0.15) is 0 Å². The molecule has 0 radical (unpaired) electrons. The van der Waals surface area contributed by atoms with Crippen LogP contribution < -0.4 is 5.32 Å². The largest absolute Gasteiger partial charge is 0.450 e. The second-order valence-corrected chi connectivity index (χ2v) is 5.51. The Bertz CT molecular complexity index is 454. The van der Waals surface area contributed by atoms with E-state index in [-0.39, 0.29) is 6.09 Å². The molecule has 21 heavy (non-hydrogen) atoms. The van der Waals surface area contributed by atoms with Gasteiger partial charge < -0.3 is 15.0 Å². The fourth-order valence-electron chi connectivity index (χ4n) is 2.79. The summed E-state index contributed by atoms with van der Waals surface area (Å²) < 4.78 is 5.05. The van der Waals surface area contributed by atoms with Gasteiger partial charge in [-0.2, -0.15) is 0 Å². The normalized spacial score (nSPS) is 15.8. The molecule has 1 aliphatic rings. The zero-order chi connectivity index (χ0) is 15.1. The van der Waals surface area contributed by atoms with Crippen molar-refractivity contribution in [1.29, 1.82) is 0 Å². The fourth-order valence-corrected chi connectivity index (χ4v) is 2.79. The molecule has 1 aliphatic heterocycles. The average molecular weight is 290 g/mol. The highest BCUT2D eigenvalue weighted by molar-refractivity contribution is 5.67. The van der Waals surface area contributed by atoms with E-state index in [4.69, 9.17) is 4.74 Å². The maximum atomic E-state index is 11.7.